The zero-order valence-electron chi connectivity index (χ0n) is 24.7. The van der Waals surface area contributed by atoms with Crippen molar-refractivity contribution in [3.63, 3.8) is 0 Å². The van der Waals surface area contributed by atoms with Crippen molar-refractivity contribution in [2.45, 2.75) is 0 Å². The van der Waals surface area contributed by atoms with Gasteiger partial charge in [-0.15, -0.1) is 0 Å². The molecule has 51 heavy (non-hydrogen) atoms. The van der Waals surface area contributed by atoms with E-state index in [-0.39, 0.29) is 65.6 Å². The van der Waals surface area contributed by atoms with E-state index >= 15 is 0 Å². The Morgan fingerprint density at radius 3 is 1.22 bits per heavy atom. The van der Waals surface area contributed by atoms with Crippen LogP contribution < -0.4 is 16.7 Å². The molecule has 0 spiro atoms. The van der Waals surface area contributed by atoms with E-state index in [4.69, 9.17) is 21.1 Å². The lowest BCUT2D eigenvalue weighted by atomic mass is 9.99. The van der Waals surface area contributed by atoms with Crippen molar-refractivity contribution < 1.29 is 73.0 Å². The first kappa shape index (κ1) is 34.1. The first-order chi connectivity index (χ1) is 23.7. The molecule has 0 saturated carbocycles. The summed E-state index contributed by atoms with van der Waals surface area (Å²) in [5.74, 6) is -2.04. The Bertz CT molecular complexity index is 2980. The Morgan fingerprint density at radius 2 is 0.804 bits per heavy atom. The maximum absolute atomic E-state index is 11.9. The Morgan fingerprint density at radius 1 is 0.451 bits per heavy atom. The molecule has 1 aromatic heterocycles. The summed E-state index contributed by atoms with van der Waals surface area (Å²) in [6, 6.07) is 17.3. The smallest absolute Gasteiger partial charge is 0.436 e. The quantitative estimate of drug-likeness (QED) is 0.113. The summed E-state index contributed by atoms with van der Waals surface area (Å²) in [6.45, 7) is 0. The van der Waals surface area contributed by atoms with Crippen LogP contribution in [0, 0.1) is 0 Å². The highest BCUT2D eigenvalue weighted by Gasteiger charge is 2.26. The minimum Gasteiger partial charge on any atom is -0.436 e. The minimum absolute atomic E-state index is 0.00538. The average molecular weight is 780 g/mol. The number of oxazole rings is 1. The van der Waals surface area contributed by atoms with E-state index in [2.05, 4.69) is 4.98 Å². The lowest BCUT2D eigenvalue weighted by molar-refractivity contribution is 0.385. The van der Waals surface area contributed by atoms with Crippen molar-refractivity contribution in [2.75, 3.05) is 0 Å². The molecule has 1 heterocycles. The van der Waals surface area contributed by atoms with E-state index < -0.39 is 64.6 Å². The Balaban J connectivity index is 1.53. The van der Waals surface area contributed by atoms with Crippen LogP contribution in [0.1, 0.15) is 0 Å². The molecule has 22 heteroatoms. The zero-order valence-corrected chi connectivity index (χ0v) is 27.9. The van der Waals surface area contributed by atoms with Crippen LogP contribution in [0.25, 0.3) is 65.6 Å². The molecule has 18 nitrogen and oxygen atoms in total. The molecule has 0 atom stereocenters. The zero-order chi connectivity index (χ0) is 36.7. The van der Waals surface area contributed by atoms with Crippen molar-refractivity contribution >= 4 is 95.8 Å². The van der Waals surface area contributed by atoms with Gasteiger partial charge in [0, 0.05) is 48.7 Å². The normalized spacial score (nSPS) is 12.9. The second-order valence-corrected chi connectivity index (χ2v) is 14.7. The van der Waals surface area contributed by atoms with Crippen LogP contribution in [0.3, 0.4) is 0 Å². The summed E-state index contributed by atoms with van der Waals surface area (Å²) >= 11 is 0. The molecule has 7 rings (SSSR count). The highest BCUT2D eigenvalue weighted by molar-refractivity contribution is 7.82. The Labute approximate surface area is 286 Å². The van der Waals surface area contributed by atoms with Gasteiger partial charge in [0.05, 0.1) is 0 Å². The summed E-state index contributed by atoms with van der Waals surface area (Å²) in [5, 5.41) is -0.834. The fourth-order valence-electron chi connectivity index (χ4n) is 5.66. The van der Waals surface area contributed by atoms with Crippen molar-refractivity contribution in [1.82, 2.24) is 4.98 Å². The fraction of sp³-hybridized carbons (Fsp3) is 0. The summed E-state index contributed by atoms with van der Waals surface area (Å²) in [5.41, 5.74) is -0.00612. The minimum atomic E-state index is -5.17. The molecule has 0 aliphatic rings. The predicted octanol–water partition coefficient (Wildman–Crippen LogP) is 4.83. The van der Waals surface area contributed by atoms with Gasteiger partial charge in [0.1, 0.15) is 5.52 Å². The second kappa shape index (κ2) is 11.6. The number of aromatic nitrogens is 1. The average Bonchev–Trinajstić information content (AvgIpc) is 3.44. The lowest BCUT2D eigenvalue weighted by Crippen LogP contribution is -2.10. The van der Waals surface area contributed by atoms with Crippen LogP contribution in [-0.2, 0) is 41.6 Å². The van der Waals surface area contributed by atoms with Gasteiger partial charge in [-0.2, -0.15) is 33.7 Å². The van der Waals surface area contributed by atoms with E-state index in [1.807, 2.05) is 0 Å². The summed E-state index contributed by atoms with van der Waals surface area (Å²) in [4.78, 5) is 4.39. The van der Waals surface area contributed by atoms with Gasteiger partial charge in [-0.1, -0.05) is 48.5 Å². The first-order valence-corrected chi connectivity index (χ1v) is 19.2. The topological polar surface area (TPSA) is 280 Å². The molecule has 0 aliphatic carbocycles. The number of nitrogens with zero attached hydrogens (tertiary/aromatic N) is 1. The molecule has 0 aliphatic heterocycles. The van der Waals surface area contributed by atoms with Gasteiger partial charge >= 0.3 is 41.6 Å². The van der Waals surface area contributed by atoms with E-state index in [1.54, 1.807) is 0 Å². The van der Waals surface area contributed by atoms with Crippen molar-refractivity contribution in [2.24, 2.45) is 0 Å². The summed E-state index contributed by atoms with van der Waals surface area (Å²) < 4.78 is 159. The van der Waals surface area contributed by atoms with Gasteiger partial charge in [0.25, 0.3) is 0 Å². The third-order valence-corrected chi connectivity index (χ3v) is 8.87. The van der Waals surface area contributed by atoms with Gasteiger partial charge in [0.15, 0.2) is 28.6 Å². The largest absolute Gasteiger partial charge is 0.446 e. The lowest BCUT2D eigenvalue weighted by Gasteiger charge is -2.15. The molecule has 6 aromatic carbocycles. The number of fused-ring (bicyclic) bond motifs is 5. The van der Waals surface area contributed by atoms with E-state index in [1.165, 1.54) is 78.9 Å². The molecule has 0 bridgehead atoms. The van der Waals surface area contributed by atoms with Gasteiger partial charge in [0.2, 0.25) is 5.89 Å². The van der Waals surface area contributed by atoms with E-state index in [9.17, 15) is 51.9 Å². The van der Waals surface area contributed by atoms with Crippen LogP contribution in [0.5, 0.6) is 23.0 Å². The number of benzene rings is 6. The molecule has 0 unspecified atom stereocenters. The van der Waals surface area contributed by atoms with Crippen LogP contribution >= 0.6 is 0 Å². The standard InChI is InChI=1S/C29H17NO17S4/c31-48(32,33)44-25-15-5-1-2-6-16(15)26(45-49(34,35)36)20-11-14(9-10-19(20)25)29-30-23-12-21-22(13-24(23)43-29)28(47-51(40,41)42)18-8-4-3-7-17(18)27(21)46-50(37,38)39/h1-13H,(H,31,32,33)(H,34,35,36)(H,37,38,39)(H,40,41,42). The molecule has 7 aromatic rings. The second-order valence-electron chi connectivity index (χ2n) is 10.6. The maximum Gasteiger partial charge on any atom is 0.446 e. The van der Waals surface area contributed by atoms with Crippen molar-refractivity contribution in [3.8, 4) is 34.5 Å². The maximum atomic E-state index is 11.9. The van der Waals surface area contributed by atoms with Crippen LogP contribution in [0.4, 0.5) is 0 Å². The number of hydrogen-bond acceptors (Lipinski definition) is 14. The number of hydrogen-bond donors (Lipinski definition) is 4. The Hall–Kier alpha value is -5.33. The summed E-state index contributed by atoms with van der Waals surface area (Å²) in [6.07, 6.45) is 0. The molecule has 0 saturated heterocycles. The van der Waals surface area contributed by atoms with E-state index in [0.29, 0.717) is 0 Å². The molecular weight excluding hydrogens is 763 g/mol. The third-order valence-electron chi connectivity index (χ3n) is 7.36. The van der Waals surface area contributed by atoms with Gasteiger partial charge in [-0.3, -0.25) is 18.2 Å². The fourth-order valence-corrected chi connectivity index (χ4v) is 7.22. The van der Waals surface area contributed by atoms with Crippen molar-refractivity contribution in [1.29, 1.82) is 0 Å². The van der Waals surface area contributed by atoms with Crippen molar-refractivity contribution in [3.05, 3.63) is 78.9 Å². The molecule has 0 radical (unpaired) electrons. The molecule has 264 valence electrons. The predicted molar refractivity (Wildman–Crippen MR) is 178 cm³/mol. The third kappa shape index (κ3) is 6.76. The van der Waals surface area contributed by atoms with Gasteiger partial charge < -0.3 is 21.1 Å². The highest BCUT2D eigenvalue weighted by atomic mass is 32.3. The van der Waals surface area contributed by atoms with Crippen LogP contribution in [0.15, 0.2) is 83.3 Å². The van der Waals surface area contributed by atoms with Gasteiger partial charge in [-0.05, 0) is 30.3 Å². The molecule has 0 fully saturated rings. The Kier molecular flexibility index (Phi) is 7.77. The van der Waals surface area contributed by atoms with Crippen LogP contribution in [-0.4, -0.2) is 56.9 Å². The van der Waals surface area contributed by atoms with Crippen LogP contribution in [0.2, 0.25) is 0 Å². The monoisotopic (exact) mass is 779 g/mol. The first-order valence-electron chi connectivity index (χ1n) is 13.7. The number of rotatable bonds is 9. The SMILES string of the molecule is O=S(=O)(O)Oc1c2ccccc2c(OS(=O)(=O)O)c2cc(-c3nc4cc5c(OS(=O)(=O)O)c6ccccc6c(OS(=O)(=O)O)c5cc4o3)ccc12. The molecule has 4 N–H and O–H groups in total. The summed E-state index contributed by atoms with van der Waals surface area (Å²) in [7, 11) is -20.6. The molecular formula is C29H17NO17S4. The molecule has 0 amide bonds. The van der Waals surface area contributed by atoms with Gasteiger partial charge in [-0.25, -0.2) is 4.98 Å². The van der Waals surface area contributed by atoms with E-state index in [0.717, 1.165) is 0 Å². The highest BCUT2D eigenvalue weighted by Crippen LogP contribution is 2.47.